The zero-order valence-electron chi connectivity index (χ0n) is 11.0. The number of nitrogens with one attached hydrogen (secondary N) is 1. The number of nitrogens with zero attached hydrogens (tertiary/aromatic N) is 2. The van der Waals surface area contributed by atoms with Gasteiger partial charge in [0.2, 0.25) is 0 Å². The number of anilines is 1. The molecule has 0 fully saturated rings. The van der Waals surface area contributed by atoms with E-state index in [0.29, 0.717) is 0 Å². The highest BCUT2D eigenvalue weighted by atomic mass is 15.0. The molecule has 0 amide bonds. The number of hydrogen-bond acceptors (Lipinski definition) is 3. The molecule has 0 aliphatic heterocycles. The Morgan fingerprint density at radius 1 is 1.17 bits per heavy atom. The van der Waals surface area contributed by atoms with Crippen LogP contribution in [0.15, 0.2) is 36.5 Å². The molecule has 1 aromatic heterocycles. The van der Waals surface area contributed by atoms with Gasteiger partial charge in [-0.1, -0.05) is 31.2 Å². The third kappa shape index (κ3) is 3.29. The van der Waals surface area contributed by atoms with E-state index in [1.165, 1.54) is 11.1 Å². The van der Waals surface area contributed by atoms with Crippen molar-refractivity contribution in [3.63, 3.8) is 0 Å². The van der Waals surface area contributed by atoms with Gasteiger partial charge in [0, 0.05) is 19.2 Å². The minimum Gasteiger partial charge on any atom is -0.370 e. The summed E-state index contributed by atoms with van der Waals surface area (Å²) in [5, 5.41) is 3.28. The second kappa shape index (κ2) is 6.15. The quantitative estimate of drug-likeness (QED) is 0.873. The molecule has 0 aliphatic rings. The monoisotopic (exact) mass is 241 g/mol. The van der Waals surface area contributed by atoms with E-state index in [9.17, 15) is 0 Å². The lowest BCUT2D eigenvalue weighted by atomic mass is 10.1. The second-order valence-corrected chi connectivity index (χ2v) is 4.39. The van der Waals surface area contributed by atoms with Gasteiger partial charge in [-0.15, -0.1) is 0 Å². The van der Waals surface area contributed by atoms with Crippen molar-refractivity contribution < 1.29 is 0 Å². The van der Waals surface area contributed by atoms with Gasteiger partial charge >= 0.3 is 0 Å². The van der Waals surface area contributed by atoms with E-state index >= 15 is 0 Å². The molecule has 1 heterocycles. The molecular formula is C15H19N3. The van der Waals surface area contributed by atoms with E-state index < -0.39 is 0 Å². The van der Waals surface area contributed by atoms with Crippen LogP contribution in [0.1, 0.15) is 30.3 Å². The molecule has 18 heavy (non-hydrogen) atoms. The molecule has 0 saturated heterocycles. The van der Waals surface area contributed by atoms with E-state index in [0.717, 1.165) is 31.0 Å². The molecule has 1 aromatic carbocycles. The van der Waals surface area contributed by atoms with Crippen LogP contribution in [0.2, 0.25) is 0 Å². The van der Waals surface area contributed by atoms with Crippen molar-refractivity contribution in [2.45, 2.75) is 26.7 Å². The molecule has 3 heteroatoms. The third-order valence-corrected chi connectivity index (χ3v) is 2.87. The highest BCUT2D eigenvalue weighted by Gasteiger charge is 2.03. The van der Waals surface area contributed by atoms with E-state index in [-0.39, 0.29) is 0 Å². The van der Waals surface area contributed by atoms with E-state index in [4.69, 9.17) is 0 Å². The van der Waals surface area contributed by atoms with Crippen molar-refractivity contribution in [3.05, 3.63) is 53.5 Å². The van der Waals surface area contributed by atoms with Crippen molar-refractivity contribution in [2.24, 2.45) is 0 Å². The maximum atomic E-state index is 4.52. The van der Waals surface area contributed by atoms with Crippen molar-refractivity contribution in [1.82, 2.24) is 9.97 Å². The Bertz CT molecular complexity index is 509. The first-order valence-electron chi connectivity index (χ1n) is 6.40. The van der Waals surface area contributed by atoms with Gasteiger partial charge in [0.15, 0.2) is 0 Å². The number of rotatable bonds is 5. The van der Waals surface area contributed by atoms with Crippen LogP contribution in [0.3, 0.4) is 0 Å². The second-order valence-electron chi connectivity index (χ2n) is 4.39. The summed E-state index contributed by atoms with van der Waals surface area (Å²) in [4.78, 5) is 8.86. The smallest absolute Gasteiger partial charge is 0.135 e. The molecule has 2 rings (SSSR count). The fourth-order valence-corrected chi connectivity index (χ4v) is 1.81. The molecule has 0 radical (unpaired) electrons. The van der Waals surface area contributed by atoms with Crippen LogP contribution in [-0.2, 0) is 6.42 Å². The zero-order chi connectivity index (χ0) is 12.8. The van der Waals surface area contributed by atoms with Crippen LogP contribution in [-0.4, -0.2) is 16.5 Å². The molecule has 0 unspecified atom stereocenters. The van der Waals surface area contributed by atoms with Gasteiger partial charge in [0.05, 0.1) is 0 Å². The van der Waals surface area contributed by atoms with Crippen molar-refractivity contribution in [1.29, 1.82) is 0 Å². The summed E-state index contributed by atoms with van der Waals surface area (Å²) in [6.45, 7) is 5.21. The van der Waals surface area contributed by atoms with Crippen LogP contribution in [0.5, 0.6) is 0 Å². The lowest BCUT2D eigenvalue weighted by molar-refractivity contribution is 0.929. The Morgan fingerprint density at radius 3 is 2.78 bits per heavy atom. The maximum absolute atomic E-state index is 4.52. The Labute approximate surface area is 108 Å². The Kier molecular flexibility index (Phi) is 4.29. The number of aryl methyl sites for hydroxylation is 1. The van der Waals surface area contributed by atoms with Crippen LogP contribution >= 0.6 is 0 Å². The predicted molar refractivity (Wildman–Crippen MR) is 74.8 cm³/mol. The first kappa shape index (κ1) is 12.6. The summed E-state index contributed by atoms with van der Waals surface area (Å²) >= 11 is 0. The molecule has 3 nitrogen and oxygen atoms in total. The SMILES string of the molecule is CCCNc1ccnc(Cc2ccccc2C)n1. The maximum Gasteiger partial charge on any atom is 0.135 e. The highest BCUT2D eigenvalue weighted by molar-refractivity contribution is 5.34. The van der Waals surface area contributed by atoms with Crippen molar-refractivity contribution in [2.75, 3.05) is 11.9 Å². The molecular weight excluding hydrogens is 222 g/mol. The Morgan fingerprint density at radius 2 is 2.00 bits per heavy atom. The van der Waals surface area contributed by atoms with Crippen molar-refractivity contribution >= 4 is 5.82 Å². The molecule has 0 spiro atoms. The first-order chi connectivity index (χ1) is 8.79. The van der Waals surface area contributed by atoms with Crippen LogP contribution in [0.25, 0.3) is 0 Å². The normalized spacial score (nSPS) is 10.3. The third-order valence-electron chi connectivity index (χ3n) is 2.87. The summed E-state index contributed by atoms with van der Waals surface area (Å²) in [6.07, 6.45) is 3.70. The molecule has 94 valence electrons. The summed E-state index contributed by atoms with van der Waals surface area (Å²) in [5.74, 6) is 1.78. The van der Waals surface area contributed by atoms with E-state index in [1.54, 1.807) is 0 Å². The summed E-state index contributed by atoms with van der Waals surface area (Å²) in [5.41, 5.74) is 2.57. The molecule has 1 N–H and O–H groups in total. The summed E-state index contributed by atoms with van der Waals surface area (Å²) < 4.78 is 0. The zero-order valence-corrected chi connectivity index (χ0v) is 11.0. The van der Waals surface area contributed by atoms with Crippen LogP contribution < -0.4 is 5.32 Å². The number of aromatic nitrogens is 2. The predicted octanol–water partition coefficient (Wildman–Crippen LogP) is 3.20. The van der Waals surface area contributed by atoms with E-state index in [2.05, 4.69) is 53.4 Å². The lowest BCUT2D eigenvalue weighted by Gasteiger charge is -2.07. The minimum absolute atomic E-state index is 0.786. The summed E-state index contributed by atoms with van der Waals surface area (Å²) in [7, 11) is 0. The Balaban J connectivity index is 2.12. The van der Waals surface area contributed by atoms with Gasteiger partial charge in [-0.05, 0) is 30.5 Å². The van der Waals surface area contributed by atoms with Gasteiger partial charge in [-0.3, -0.25) is 0 Å². The largest absolute Gasteiger partial charge is 0.370 e. The van der Waals surface area contributed by atoms with Gasteiger partial charge in [0.1, 0.15) is 11.6 Å². The molecule has 0 atom stereocenters. The van der Waals surface area contributed by atoms with Crippen molar-refractivity contribution in [3.8, 4) is 0 Å². The molecule has 0 bridgehead atoms. The van der Waals surface area contributed by atoms with Gasteiger partial charge < -0.3 is 5.32 Å². The topological polar surface area (TPSA) is 37.8 Å². The summed E-state index contributed by atoms with van der Waals surface area (Å²) in [6, 6.07) is 10.3. The molecule has 2 aromatic rings. The van der Waals surface area contributed by atoms with Crippen LogP contribution in [0.4, 0.5) is 5.82 Å². The first-order valence-corrected chi connectivity index (χ1v) is 6.40. The fraction of sp³-hybridized carbons (Fsp3) is 0.333. The minimum atomic E-state index is 0.786. The van der Waals surface area contributed by atoms with Crippen LogP contribution in [0, 0.1) is 6.92 Å². The Hall–Kier alpha value is -1.90. The average molecular weight is 241 g/mol. The van der Waals surface area contributed by atoms with Gasteiger partial charge in [-0.2, -0.15) is 0 Å². The molecule has 0 saturated carbocycles. The standard InChI is InChI=1S/C15H19N3/c1-3-9-16-14-8-10-17-15(18-14)11-13-7-5-4-6-12(13)2/h4-8,10H,3,9,11H2,1-2H3,(H,16,17,18). The van der Waals surface area contributed by atoms with E-state index in [1.807, 2.05) is 12.3 Å². The van der Waals surface area contributed by atoms with Gasteiger partial charge in [-0.25, -0.2) is 9.97 Å². The number of benzene rings is 1. The fourth-order valence-electron chi connectivity index (χ4n) is 1.81. The molecule has 0 aliphatic carbocycles. The lowest BCUT2D eigenvalue weighted by Crippen LogP contribution is -2.05. The highest BCUT2D eigenvalue weighted by Crippen LogP contribution is 2.12. The van der Waals surface area contributed by atoms with Gasteiger partial charge in [0.25, 0.3) is 0 Å². The number of hydrogen-bond donors (Lipinski definition) is 1. The average Bonchev–Trinajstić information content (AvgIpc) is 2.40.